The third kappa shape index (κ3) is 4.53. The van der Waals surface area contributed by atoms with Crippen LogP contribution in [0.25, 0.3) is 0 Å². The number of fused-ring (bicyclic) bond motifs is 1. The molecule has 0 aliphatic carbocycles. The maximum Gasteiger partial charge on any atom is 0.318 e. The number of carbonyl (C=O) groups excluding carboxylic acids is 3. The van der Waals surface area contributed by atoms with E-state index in [1.807, 2.05) is 0 Å². The van der Waals surface area contributed by atoms with Crippen molar-refractivity contribution in [1.82, 2.24) is 10.0 Å². The number of nitrogens with one attached hydrogen (secondary N) is 2. The number of urea groups is 1. The molecule has 1 aromatic carbocycles. The number of amidine groups is 1. The normalized spacial score (nSPS) is 17.2. The third-order valence-corrected chi connectivity index (χ3v) is 4.57. The van der Waals surface area contributed by atoms with Gasteiger partial charge in [-0.05, 0) is 19.1 Å². The van der Waals surface area contributed by atoms with E-state index in [9.17, 15) is 22.8 Å². The lowest BCUT2D eigenvalue weighted by molar-refractivity contribution is -0.154. The zero-order chi connectivity index (χ0) is 18.6. The van der Waals surface area contributed by atoms with Gasteiger partial charge >= 0.3 is 12.0 Å². The van der Waals surface area contributed by atoms with Crippen LogP contribution < -0.4 is 15.8 Å². The van der Waals surface area contributed by atoms with Crippen molar-refractivity contribution < 1.29 is 27.5 Å². The van der Waals surface area contributed by atoms with E-state index in [0.717, 1.165) is 0 Å². The van der Waals surface area contributed by atoms with Gasteiger partial charge < -0.3 is 10.5 Å². The molecular formula is C14H16N4O6S. The van der Waals surface area contributed by atoms with Crippen LogP contribution >= 0.6 is 0 Å². The first-order valence-electron chi connectivity index (χ1n) is 7.17. The van der Waals surface area contributed by atoms with Gasteiger partial charge in [0.15, 0.2) is 6.10 Å². The van der Waals surface area contributed by atoms with Gasteiger partial charge in [-0.3, -0.25) is 24.6 Å². The summed E-state index contributed by atoms with van der Waals surface area (Å²) in [6.45, 7) is 1.23. The SMILES string of the molecule is C[C@@H](OC(=O)CCN=C1NS(=O)(=O)c2ccccc21)C(=O)NC(N)=O. The maximum absolute atomic E-state index is 11.9. The minimum atomic E-state index is -3.64. The number of primary amides is 1. The monoisotopic (exact) mass is 368 g/mol. The second-order valence-electron chi connectivity index (χ2n) is 5.07. The molecule has 1 heterocycles. The van der Waals surface area contributed by atoms with Crippen LogP contribution in [0.3, 0.4) is 0 Å². The largest absolute Gasteiger partial charge is 0.452 e. The van der Waals surface area contributed by atoms with Crippen molar-refractivity contribution in [3.8, 4) is 0 Å². The molecule has 0 saturated carbocycles. The summed E-state index contributed by atoms with van der Waals surface area (Å²) in [6.07, 6.45) is -1.37. The Morgan fingerprint density at radius 3 is 2.68 bits per heavy atom. The number of imide groups is 1. The second kappa shape index (κ2) is 7.30. The maximum atomic E-state index is 11.9. The van der Waals surface area contributed by atoms with E-state index < -0.39 is 34.0 Å². The first-order chi connectivity index (χ1) is 11.7. The number of nitrogens with two attached hydrogens (primary N) is 1. The fourth-order valence-electron chi connectivity index (χ4n) is 2.04. The number of amides is 3. The Bertz CT molecular complexity index is 849. The number of sulfonamides is 1. The van der Waals surface area contributed by atoms with Gasteiger partial charge in [0.2, 0.25) is 0 Å². The molecule has 10 nitrogen and oxygen atoms in total. The molecule has 0 bridgehead atoms. The fraction of sp³-hybridized carbons (Fsp3) is 0.286. The molecule has 3 amide bonds. The van der Waals surface area contributed by atoms with E-state index in [2.05, 4.69) is 9.71 Å². The highest BCUT2D eigenvalue weighted by atomic mass is 32.2. The standard InChI is InChI=1S/C14H16N4O6S/c1-8(13(20)17-14(15)21)24-11(19)6-7-16-12-9-4-2-3-5-10(9)25(22,23)18-12/h2-5,8H,6-7H2,1H3,(H,16,18)(H3,15,17,20,21)/t8-/m1/s1. The molecule has 11 heteroatoms. The molecule has 0 saturated heterocycles. The number of carbonyl (C=O) groups is 3. The number of benzene rings is 1. The number of ether oxygens (including phenoxy) is 1. The first kappa shape index (κ1) is 18.4. The van der Waals surface area contributed by atoms with E-state index in [1.165, 1.54) is 13.0 Å². The van der Waals surface area contributed by atoms with Crippen molar-refractivity contribution in [2.24, 2.45) is 10.7 Å². The van der Waals surface area contributed by atoms with Gasteiger partial charge in [0, 0.05) is 5.56 Å². The fourth-order valence-corrected chi connectivity index (χ4v) is 3.29. The summed E-state index contributed by atoms with van der Waals surface area (Å²) in [5, 5.41) is 1.79. The van der Waals surface area contributed by atoms with Crippen molar-refractivity contribution in [2.75, 3.05) is 6.54 Å². The van der Waals surface area contributed by atoms with Crippen LogP contribution in [-0.2, 0) is 24.3 Å². The predicted octanol–water partition coefficient (Wildman–Crippen LogP) is -0.758. The summed E-state index contributed by atoms with van der Waals surface area (Å²) in [6, 6.07) is 5.26. The lowest BCUT2D eigenvalue weighted by atomic mass is 10.2. The average molecular weight is 368 g/mol. The Morgan fingerprint density at radius 1 is 1.32 bits per heavy atom. The number of aliphatic imine (C=N–C) groups is 1. The van der Waals surface area contributed by atoms with E-state index >= 15 is 0 Å². The number of esters is 1. The van der Waals surface area contributed by atoms with Crippen molar-refractivity contribution in [2.45, 2.75) is 24.3 Å². The van der Waals surface area contributed by atoms with Gasteiger partial charge in [0.25, 0.3) is 15.9 Å². The molecule has 2 rings (SSSR count). The van der Waals surface area contributed by atoms with Crippen LogP contribution in [0.5, 0.6) is 0 Å². The molecule has 1 aliphatic heterocycles. The van der Waals surface area contributed by atoms with Crippen molar-refractivity contribution in [3.63, 3.8) is 0 Å². The Labute approximate surface area is 143 Å². The van der Waals surface area contributed by atoms with E-state index in [1.54, 1.807) is 23.5 Å². The summed E-state index contributed by atoms with van der Waals surface area (Å²) >= 11 is 0. The van der Waals surface area contributed by atoms with Crippen LogP contribution in [0, 0.1) is 0 Å². The summed E-state index contributed by atoms with van der Waals surface area (Å²) in [5.74, 6) is -1.43. The Morgan fingerprint density at radius 2 is 2.00 bits per heavy atom. The van der Waals surface area contributed by atoms with E-state index in [4.69, 9.17) is 10.5 Å². The molecule has 134 valence electrons. The molecule has 1 aliphatic rings. The molecule has 0 spiro atoms. The smallest absolute Gasteiger partial charge is 0.318 e. The minimum Gasteiger partial charge on any atom is -0.452 e. The van der Waals surface area contributed by atoms with Gasteiger partial charge in [-0.1, -0.05) is 12.1 Å². The number of nitrogens with zero attached hydrogens (tertiary/aromatic N) is 1. The van der Waals surface area contributed by atoms with Gasteiger partial charge in [-0.15, -0.1) is 0 Å². The Kier molecular flexibility index (Phi) is 5.37. The summed E-state index contributed by atoms with van der Waals surface area (Å²) < 4.78 is 30.9. The molecule has 0 aromatic heterocycles. The van der Waals surface area contributed by atoms with Crippen molar-refractivity contribution in [3.05, 3.63) is 29.8 Å². The van der Waals surface area contributed by atoms with Crippen LogP contribution in [0.4, 0.5) is 4.79 Å². The lowest BCUT2D eigenvalue weighted by Gasteiger charge is -2.11. The van der Waals surface area contributed by atoms with Crippen LogP contribution in [0.15, 0.2) is 34.2 Å². The molecule has 0 fully saturated rings. The van der Waals surface area contributed by atoms with Gasteiger partial charge in [-0.25, -0.2) is 13.2 Å². The molecule has 1 atom stereocenters. The molecule has 1 aromatic rings. The van der Waals surface area contributed by atoms with Crippen LogP contribution in [-0.4, -0.2) is 44.8 Å². The van der Waals surface area contributed by atoms with Crippen molar-refractivity contribution >= 4 is 33.8 Å². The molecule has 25 heavy (non-hydrogen) atoms. The van der Waals surface area contributed by atoms with E-state index in [-0.39, 0.29) is 23.7 Å². The van der Waals surface area contributed by atoms with E-state index in [0.29, 0.717) is 5.56 Å². The zero-order valence-corrected chi connectivity index (χ0v) is 14.0. The van der Waals surface area contributed by atoms with Gasteiger partial charge in [-0.2, -0.15) is 0 Å². The highest BCUT2D eigenvalue weighted by Gasteiger charge is 2.30. The average Bonchev–Trinajstić information content (AvgIpc) is 2.78. The zero-order valence-electron chi connectivity index (χ0n) is 13.2. The quantitative estimate of drug-likeness (QED) is 0.580. The molecule has 0 radical (unpaired) electrons. The lowest BCUT2D eigenvalue weighted by Crippen LogP contribution is -2.42. The minimum absolute atomic E-state index is 0.0464. The number of rotatable bonds is 5. The summed E-state index contributed by atoms with van der Waals surface area (Å²) in [4.78, 5) is 37.8. The highest BCUT2D eigenvalue weighted by molar-refractivity contribution is 7.90. The highest BCUT2D eigenvalue weighted by Crippen LogP contribution is 2.22. The molecular weight excluding hydrogens is 352 g/mol. The summed E-state index contributed by atoms with van der Waals surface area (Å²) in [5.41, 5.74) is 5.21. The third-order valence-electron chi connectivity index (χ3n) is 3.17. The number of hydrogen-bond donors (Lipinski definition) is 3. The Hall–Kier alpha value is -2.95. The topological polar surface area (TPSA) is 157 Å². The van der Waals surface area contributed by atoms with Crippen LogP contribution in [0.1, 0.15) is 18.9 Å². The Balaban J connectivity index is 1.93. The van der Waals surface area contributed by atoms with Crippen LogP contribution in [0.2, 0.25) is 0 Å². The molecule has 0 unspecified atom stereocenters. The van der Waals surface area contributed by atoms with Gasteiger partial charge in [0.05, 0.1) is 17.9 Å². The van der Waals surface area contributed by atoms with Crippen molar-refractivity contribution in [1.29, 1.82) is 0 Å². The summed E-state index contributed by atoms with van der Waals surface area (Å²) in [7, 11) is -3.64. The second-order valence-corrected chi connectivity index (χ2v) is 6.72. The van der Waals surface area contributed by atoms with Gasteiger partial charge in [0.1, 0.15) is 5.84 Å². The first-order valence-corrected chi connectivity index (χ1v) is 8.65. The molecule has 4 N–H and O–H groups in total. The number of hydrogen-bond acceptors (Lipinski definition) is 7. The predicted molar refractivity (Wildman–Crippen MR) is 86.1 cm³/mol.